The number of nitrogens with one attached hydrogen (secondary N) is 1. The fourth-order valence-corrected chi connectivity index (χ4v) is 3.34. The summed E-state index contributed by atoms with van der Waals surface area (Å²) >= 11 is 7.08. The number of thioether (sulfide) groups is 1. The van der Waals surface area contributed by atoms with Crippen molar-refractivity contribution in [1.82, 2.24) is 14.8 Å². The van der Waals surface area contributed by atoms with Crippen molar-refractivity contribution in [2.24, 2.45) is 0 Å². The molecule has 0 aliphatic rings. The van der Waals surface area contributed by atoms with Gasteiger partial charge in [0, 0.05) is 17.1 Å². The average molecular weight is 374 g/mol. The number of hydrogen-bond donors (Lipinski definition) is 1. The van der Waals surface area contributed by atoms with Gasteiger partial charge in [-0.25, -0.2) is 9.89 Å². The number of hydrogen-bond acceptors (Lipinski definition) is 4. The molecule has 1 aromatic heterocycles. The standard InChI is InChI=1S/C18H16ClN3O2S/c19-15-8-6-14(7-9-15)16(23)12-25-18-21-20-17(24)22(18)11-10-13-4-2-1-3-5-13/h1-9H,10-12H2,(H,20,24). The summed E-state index contributed by atoms with van der Waals surface area (Å²) in [6.45, 7) is 0.511. The SMILES string of the molecule is O=C(CSc1n[nH]c(=O)n1CCc1ccccc1)c1ccc(Cl)cc1. The summed E-state index contributed by atoms with van der Waals surface area (Å²) in [5, 5.41) is 7.58. The molecule has 3 rings (SSSR count). The fraction of sp³-hybridized carbons (Fsp3) is 0.167. The van der Waals surface area contributed by atoms with Crippen LogP contribution in [0.2, 0.25) is 5.02 Å². The normalized spacial score (nSPS) is 10.8. The van der Waals surface area contributed by atoms with Crippen LogP contribution in [-0.2, 0) is 13.0 Å². The molecule has 2 aromatic carbocycles. The summed E-state index contributed by atoms with van der Waals surface area (Å²) in [4.78, 5) is 24.2. The number of carbonyl (C=O) groups excluding carboxylic acids is 1. The smallest absolute Gasteiger partial charge is 0.293 e. The van der Waals surface area contributed by atoms with Crippen LogP contribution < -0.4 is 5.69 Å². The van der Waals surface area contributed by atoms with E-state index >= 15 is 0 Å². The van der Waals surface area contributed by atoms with Gasteiger partial charge in [-0.15, -0.1) is 5.10 Å². The van der Waals surface area contributed by atoms with Crippen LogP contribution in [0.15, 0.2) is 64.5 Å². The van der Waals surface area contributed by atoms with E-state index in [1.807, 2.05) is 30.3 Å². The lowest BCUT2D eigenvalue weighted by Gasteiger charge is -2.06. The Morgan fingerprint density at radius 1 is 1.12 bits per heavy atom. The molecule has 0 saturated heterocycles. The van der Waals surface area contributed by atoms with Crippen molar-refractivity contribution in [3.8, 4) is 0 Å². The third-order valence-electron chi connectivity index (χ3n) is 3.69. The fourth-order valence-electron chi connectivity index (χ4n) is 2.35. The van der Waals surface area contributed by atoms with E-state index in [4.69, 9.17) is 11.6 Å². The summed E-state index contributed by atoms with van der Waals surface area (Å²) in [5.74, 6) is 0.170. The minimum atomic E-state index is -0.266. The van der Waals surface area contributed by atoms with Gasteiger partial charge in [0.1, 0.15) is 0 Å². The molecule has 128 valence electrons. The van der Waals surface area contributed by atoms with Crippen LogP contribution in [0.5, 0.6) is 0 Å². The first kappa shape index (κ1) is 17.5. The Balaban J connectivity index is 1.64. The van der Waals surface area contributed by atoms with Crippen LogP contribution in [0.1, 0.15) is 15.9 Å². The first-order chi connectivity index (χ1) is 12.1. The van der Waals surface area contributed by atoms with E-state index in [9.17, 15) is 9.59 Å². The van der Waals surface area contributed by atoms with Gasteiger partial charge < -0.3 is 0 Å². The lowest BCUT2D eigenvalue weighted by molar-refractivity contribution is 0.102. The third kappa shape index (κ3) is 4.61. The maximum absolute atomic E-state index is 12.2. The Labute approximate surface area is 154 Å². The van der Waals surface area contributed by atoms with Gasteiger partial charge >= 0.3 is 5.69 Å². The first-order valence-electron chi connectivity index (χ1n) is 7.74. The van der Waals surface area contributed by atoms with Gasteiger partial charge in [0.15, 0.2) is 10.9 Å². The molecule has 0 aliphatic heterocycles. The first-order valence-corrected chi connectivity index (χ1v) is 9.10. The van der Waals surface area contributed by atoms with Gasteiger partial charge in [-0.3, -0.25) is 9.36 Å². The maximum Gasteiger partial charge on any atom is 0.343 e. The maximum atomic E-state index is 12.2. The van der Waals surface area contributed by atoms with E-state index in [0.29, 0.717) is 22.3 Å². The Morgan fingerprint density at radius 3 is 2.56 bits per heavy atom. The second-order valence-electron chi connectivity index (χ2n) is 5.42. The van der Waals surface area contributed by atoms with E-state index in [2.05, 4.69) is 10.2 Å². The zero-order valence-electron chi connectivity index (χ0n) is 13.3. The molecule has 0 saturated carbocycles. The number of Topliss-reactive ketones (excluding diaryl/α,β-unsaturated/α-hetero) is 1. The number of aromatic nitrogens is 3. The molecule has 7 heteroatoms. The van der Waals surface area contributed by atoms with Crippen molar-refractivity contribution in [2.45, 2.75) is 18.1 Å². The largest absolute Gasteiger partial charge is 0.343 e. The predicted octanol–water partition coefficient (Wildman–Crippen LogP) is 3.44. The van der Waals surface area contributed by atoms with E-state index < -0.39 is 0 Å². The molecule has 3 aromatic rings. The quantitative estimate of drug-likeness (QED) is 0.509. The number of nitrogens with zero attached hydrogens (tertiary/aromatic N) is 2. The van der Waals surface area contributed by atoms with Crippen molar-refractivity contribution in [1.29, 1.82) is 0 Å². The lowest BCUT2D eigenvalue weighted by Crippen LogP contribution is -2.19. The van der Waals surface area contributed by atoms with Gasteiger partial charge in [0.05, 0.1) is 5.75 Å². The van der Waals surface area contributed by atoms with Crippen molar-refractivity contribution >= 4 is 29.1 Å². The van der Waals surface area contributed by atoms with Crippen molar-refractivity contribution in [2.75, 3.05) is 5.75 Å². The Kier molecular flexibility index (Phi) is 5.73. The van der Waals surface area contributed by atoms with Crippen molar-refractivity contribution in [3.63, 3.8) is 0 Å². The highest BCUT2D eigenvalue weighted by atomic mass is 35.5. The monoisotopic (exact) mass is 373 g/mol. The highest BCUT2D eigenvalue weighted by Gasteiger charge is 2.12. The number of carbonyl (C=O) groups is 1. The molecule has 0 fully saturated rings. The second-order valence-corrected chi connectivity index (χ2v) is 6.80. The van der Waals surface area contributed by atoms with Crippen LogP contribution in [0.25, 0.3) is 0 Å². The predicted molar refractivity (Wildman–Crippen MR) is 99.5 cm³/mol. The summed E-state index contributed by atoms with van der Waals surface area (Å²) in [6, 6.07) is 16.7. The molecule has 1 N–H and O–H groups in total. The summed E-state index contributed by atoms with van der Waals surface area (Å²) < 4.78 is 1.56. The van der Waals surface area contributed by atoms with E-state index in [0.717, 1.165) is 12.0 Å². The zero-order valence-corrected chi connectivity index (χ0v) is 14.9. The lowest BCUT2D eigenvalue weighted by atomic mass is 10.1. The molecule has 0 atom stereocenters. The number of H-pyrrole nitrogens is 1. The highest BCUT2D eigenvalue weighted by Crippen LogP contribution is 2.17. The van der Waals surface area contributed by atoms with E-state index in [-0.39, 0.29) is 17.2 Å². The van der Waals surface area contributed by atoms with Gasteiger partial charge in [0.25, 0.3) is 0 Å². The summed E-state index contributed by atoms with van der Waals surface area (Å²) in [7, 11) is 0. The van der Waals surface area contributed by atoms with Gasteiger partial charge in [-0.2, -0.15) is 0 Å². The minimum Gasteiger partial charge on any atom is -0.293 e. The van der Waals surface area contributed by atoms with Gasteiger partial charge in [0.2, 0.25) is 0 Å². The molecule has 0 unspecified atom stereocenters. The second kappa shape index (κ2) is 8.18. The van der Waals surface area contributed by atoms with Crippen LogP contribution in [0, 0.1) is 0 Å². The number of rotatable bonds is 7. The Bertz CT molecular complexity index is 904. The Hall–Kier alpha value is -2.31. The Morgan fingerprint density at radius 2 is 1.84 bits per heavy atom. The van der Waals surface area contributed by atoms with Crippen LogP contribution in [-0.4, -0.2) is 26.3 Å². The molecular weight excluding hydrogens is 358 g/mol. The molecule has 1 heterocycles. The molecule has 0 bridgehead atoms. The van der Waals surface area contributed by atoms with Crippen molar-refractivity contribution in [3.05, 3.63) is 81.2 Å². The number of aromatic amines is 1. The third-order valence-corrected chi connectivity index (χ3v) is 4.92. The molecule has 0 amide bonds. The molecular formula is C18H16ClN3O2S. The van der Waals surface area contributed by atoms with Crippen LogP contribution in [0.4, 0.5) is 0 Å². The van der Waals surface area contributed by atoms with E-state index in [1.165, 1.54) is 11.8 Å². The summed E-state index contributed by atoms with van der Waals surface area (Å²) in [5.41, 5.74) is 1.46. The van der Waals surface area contributed by atoms with Crippen LogP contribution in [0.3, 0.4) is 0 Å². The highest BCUT2D eigenvalue weighted by molar-refractivity contribution is 7.99. The van der Waals surface area contributed by atoms with Crippen LogP contribution >= 0.6 is 23.4 Å². The molecule has 0 spiro atoms. The molecule has 0 aliphatic carbocycles. The number of aryl methyl sites for hydroxylation is 1. The zero-order chi connectivity index (χ0) is 17.6. The van der Waals surface area contributed by atoms with Crippen molar-refractivity contribution < 1.29 is 4.79 Å². The number of benzene rings is 2. The molecule has 25 heavy (non-hydrogen) atoms. The molecule has 0 radical (unpaired) electrons. The summed E-state index contributed by atoms with van der Waals surface area (Å²) in [6.07, 6.45) is 0.721. The minimum absolute atomic E-state index is 0.0354. The van der Waals surface area contributed by atoms with Gasteiger partial charge in [-0.1, -0.05) is 53.7 Å². The van der Waals surface area contributed by atoms with Gasteiger partial charge in [-0.05, 0) is 36.2 Å². The van der Waals surface area contributed by atoms with E-state index in [1.54, 1.807) is 28.8 Å². The molecule has 5 nitrogen and oxygen atoms in total. The average Bonchev–Trinajstić information content (AvgIpc) is 2.99. The number of ketones is 1. The number of halogens is 1. The topological polar surface area (TPSA) is 67.8 Å².